The third-order valence-electron chi connectivity index (χ3n) is 8.40. The monoisotopic (exact) mass is 700 g/mol. The molecule has 3 aromatic rings. The van der Waals surface area contributed by atoms with Crippen LogP contribution < -0.4 is 15.5 Å². The summed E-state index contributed by atoms with van der Waals surface area (Å²) in [7, 11) is 1.25. The van der Waals surface area contributed by atoms with Crippen molar-refractivity contribution in [2.45, 2.75) is 78.0 Å². The van der Waals surface area contributed by atoms with Crippen LogP contribution in [-0.4, -0.2) is 71.0 Å². The van der Waals surface area contributed by atoms with E-state index in [4.69, 9.17) is 9.47 Å². The Hall–Kier alpha value is -5.23. The van der Waals surface area contributed by atoms with Crippen molar-refractivity contribution in [3.8, 4) is 16.9 Å². The van der Waals surface area contributed by atoms with Crippen LogP contribution in [0.15, 0.2) is 60.8 Å². The van der Waals surface area contributed by atoms with Crippen LogP contribution in [0.4, 0.5) is 10.6 Å². The first-order chi connectivity index (χ1) is 24.2. The largest absolute Gasteiger partial charge is 0.508 e. The van der Waals surface area contributed by atoms with Crippen molar-refractivity contribution in [1.29, 1.82) is 0 Å². The van der Waals surface area contributed by atoms with Gasteiger partial charge in [0.15, 0.2) is 0 Å². The van der Waals surface area contributed by atoms with Crippen molar-refractivity contribution in [2.24, 2.45) is 5.92 Å². The second-order valence-electron chi connectivity index (χ2n) is 13.8. The lowest BCUT2D eigenvalue weighted by atomic mass is 9.85. The fourth-order valence-corrected chi connectivity index (χ4v) is 5.77. The van der Waals surface area contributed by atoms with Crippen LogP contribution in [0.2, 0.25) is 0 Å². The van der Waals surface area contributed by atoms with Gasteiger partial charge in [0.05, 0.1) is 26.2 Å². The number of methoxy groups -OCH3 is 1. The number of ether oxygens (including phenoxy) is 2. The van der Waals surface area contributed by atoms with Crippen LogP contribution in [0.3, 0.4) is 0 Å². The number of carbonyl (C=O) groups excluding carboxylic acids is 4. The average molecular weight is 701 g/mol. The summed E-state index contributed by atoms with van der Waals surface area (Å²) >= 11 is 0. The third-order valence-corrected chi connectivity index (χ3v) is 8.40. The van der Waals surface area contributed by atoms with Gasteiger partial charge in [0.25, 0.3) is 0 Å². The van der Waals surface area contributed by atoms with Crippen molar-refractivity contribution in [1.82, 2.24) is 15.6 Å². The number of nitrogens with one attached hydrogen (secondary N) is 2. The number of aromatic nitrogens is 1. The maximum Gasteiger partial charge on any atom is 0.416 e. The van der Waals surface area contributed by atoms with Crippen LogP contribution in [0, 0.1) is 12.8 Å². The van der Waals surface area contributed by atoms with Gasteiger partial charge in [-0.3, -0.25) is 19.3 Å². The first-order valence-electron chi connectivity index (χ1n) is 17.0. The molecule has 1 aliphatic rings. The van der Waals surface area contributed by atoms with Gasteiger partial charge in [-0.25, -0.2) is 9.78 Å². The van der Waals surface area contributed by atoms with Crippen molar-refractivity contribution in [3.05, 3.63) is 83.1 Å². The lowest BCUT2D eigenvalue weighted by molar-refractivity contribution is -0.141. The predicted molar refractivity (Wildman–Crippen MR) is 194 cm³/mol. The molecule has 51 heavy (non-hydrogen) atoms. The Morgan fingerprint density at radius 2 is 1.78 bits per heavy atom. The molecule has 4 rings (SSSR count). The average Bonchev–Trinajstić information content (AvgIpc) is 3.08. The zero-order chi connectivity index (χ0) is 37.3. The second-order valence-corrected chi connectivity index (χ2v) is 13.8. The number of hydrogen-bond acceptors (Lipinski definition) is 9. The number of aryl methyl sites for hydroxylation is 1. The fraction of sp³-hybridized carbons (Fsp3) is 0.410. The van der Waals surface area contributed by atoms with Crippen LogP contribution in [0.1, 0.15) is 75.3 Å². The normalized spacial score (nSPS) is 14.8. The number of anilines is 1. The smallest absolute Gasteiger partial charge is 0.416 e. The van der Waals surface area contributed by atoms with Gasteiger partial charge in [-0.15, -0.1) is 0 Å². The van der Waals surface area contributed by atoms with Crippen molar-refractivity contribution >= 4 is 35.8 Å². The number of carbonyl (C=O) groups is 4. The topological polar surface area (TPSA) is 167 Å². The van der Waals surface area contributed by atoms with Gasteiger partial charge in [-0.05, 0) is 92.5 Å². The molecule has 0 fully saturated rings. The van der Waals surface area contributed by atoms with Crippen molar-refractivity contribution < 1.29 is 38.9 Å². The summed E-state index contributed by atoms with van der Waals surface area (Å²) in [6.45, 7) is 8.67. The highest BCUT2D eigenvalue weighted by Gasteiger charge is 2.27. The number of nitrogens with zero attached hydrogens (tertiary/aromatic N) is 2. The summed E-state index contributed by atoms with van der Waals surface area (Å²) in [6.07, 6.45) is 5.82. The van der Waals surface area contributed by atoms with E-state index in [1.807, 2.05) is 31.2 Å². The highest BCUT2D eigenvalue weighted by atomic mass is 16.6. The number of rotatable bonds is 13. The Balaban J connectivity index is 1.42. The van der Waals surface area contributed by atoms with Gasteiger partial charge in [-0.2, -0.15) is 0 Å². The Labute approximate surface area is 298 Å². The second kappa shape index (κ2) is 17.1. The molecular formula is C39H48N4O8. The molecule has 2 aromatic carbocycles. The molecule has 1 aliphatic carbocycles. The molecular weight excluding hydrogens is 652 g/mol. The number of amides is 3. The number of aliphatic hydroxyl groups excluding tert-OH is 1. The Bertz CT molecular complexity index is 1750. The summed E-state index contributed by atoms with van der Waals surface area (Å²) in [5, 5.41) is 25.8. The minimum absolute atomic E-state index is 0.0585. The van der Waals surface area contributed by atoms with Crippen LogP contribution in [0.25, 0.3) is 17.2 Å². The zero-order valence-corrected chi connectivity index (χ0v) is 30.1. The fourth-order valence-electron chi connectivity index (χ4n) is 5.77. The summed E-state index contributed by atoms with van der Waals surface area (Å²) in [5.74, 6) is -0.799. The first kappa shape index (κ1) is 38.6. The summed E-state index contributed by atoms with van der Waals surface area (Å²) in [4.78, 5) is 57.3. The van der Waals surface area contributed by atoms with Crippen molar-refractivity contribution in [3.63, 3.8) is 0 Å². The molecule has 12 nitrogen and oxygen atoms in total. The van der Waals surface area contributed by atoms with Gasteiger partial charge in [0.1, 0.15) is 23.2 Å². The maximum atomic E-state index is 13.3. The summed E-state index contributed by atoms with van der Waals surface area (Å²) < 4.78 is 10.4. The quantitative estimate of drug-likeness (QED) is 0.171. The van der Waals surface area contributed by atoms with E-state index in [1.165, 1.54) is 12.0 Å². The number of pyridine rings is 1. The van der Waals surface area contributed by atoms with E-state index in [1.54, 1.807) is 57.3 Å². The van der Waals surface area contributed by atoms with Crippen LogP contribution in [0.5, 0.6) is 5.75 Å². The number of aliphatic hydroxyl groups is 1. The zero-order valence-electron chi connectivity index (χ0n) is 30.1. The number of hydrogen-bond donors (Lipinski definition) is 4. The molecule has 0 spiro atoms. The molecule has 0 saturated heterocycles. The summed E-state index contributed by atoms with van der Waals surface area (Å²) in [5.41, 5.74) is 4.44. The number of esters is 1. The molecule has 0 aliphatic heterocycles. The number of phenolic OH excluding ortho intramolecular Hbond substituents is 1. The molecule has 12 heteroatoms. The van der Waals surface area contributed by atoms with E-state index < -0.39 is 48.2 Å². The number of aromatic hydroxyl groups is 1. The number of phenols is 1. The first-order valence-corrected chi connectivity index (χ1v) is 17.0. The lowest BCUT2D eigenvalue weighted by Gasteiger charge is -2.27. The minimum atomic E-state index is -1.30. The van der Waals surface area contributed by atoms with Gasteiger partial charge in [0.2, 0.25) is 11.8 Å². The molecule has 4 N–H and O–H groups in total. The number of allylic oxidation sites excluding steroid dienone is 1. The van der Waals surface area contributed by atoms with Crippen LogP contribution in [-0.2, 0) is 30.3 Å². The van der Waals surface area contributed by atoms with E-state index in [2.05, 4.69) is 28.6 Å². The third kappa shape index (κ3) is 10.6. The molecule has 272 valence electrons. The minimum Gasteiger partial charge on any atom is -0.508 e. The van der Waals surface area contributed by atoms with Gasteiger partial charge >= 0.3 is 12.1 Å². The maximum absolute atomic E-state index is 13.3. The standard InChI is InChI=1S/C39H48N4O8/c1-24-9-14-29-28(15-16-33(45)30(29)20-24)26-10-12-27(13-11-26)31(22-36(47)50-6)42-37(48)32(23-44)41-35(46)8-7-19-43(38(49)51-39(3,4)5)34-21-25(2)17-18-40-34/h9-18,21,24,31-32,44-45H,7-8,19-20,22-23H2,1-6H3,(H,41,46)(H,42,48)/t24?,31-,32-/m0/s1. The Morgan fingerprint density at radius 1 is 1.06 bits per heavy atom. The van der Waals surface area contributed by atoms with Gasteiger partial charge < -0.3 is 30.3 Å². The molecule has 1 heterocycles. The molecule has 3 atom stereocenters. The Morgan fingerprint density at radius 3 is 2.43 bits per heavy atom. The Kier molecular flexibility index (Phi) is 13.0. The van der Waals surface area contributed by atoms with E-state index in [0.29, 0.717) is 17.3 Å². The predicted octanol–water partition coefficient (Wildman–Crippen LogP) is 5.39. The van der Waals surface area contributed by atoms with Crippen molar-refractivity contribution in [2.75, 3.05) is 25.2 Å². The van der Waals surface area contributed by atoms with Gasteiger partial charge in [-0.1, -0.05) is 49.4 Å². The van der Waals surface area contributed by atoms with E-state index in [-0.39, 0.29) is 31.6 Å². The number of fused-ring (bicyclic) bond motifs is 1. The molecule has 3 amide bonds. The number of benzene rings is 2. The van der Waals surface area contributed by atoms with Crippen LogP contribution >= 0.6 is 0 Å². The molecule has 1 unspecified atom stereocenters. The highest BCUT2D eigenvalue weighted by Crippen LogP contribution is 2.37. The molecule has 0 saturated carbocycles. The highest BCUT2D eigenvalue weighted by molar-refractivity contribution is 5.89. The lowest BCUT2D eigenvalue weighted by Crippen LogP contribution is -2.50. The summed E-state index contributed by atoms with van der Waals surface area (Å²) in [6, 6.07) is 12.3. The van der Waals surface area contributed by atoms with E-state index >= 15 is 0 Å². The van der Waals surface area contributed by atoms with E-state index in [0.717, 1.165) is 34.2 Å². The molecule has 0 bridgehead atoms. The molecule has 1 aromatic heterocycles. The molecule has 0 radical (unpaired) electrons. The SMILES string of the molecule is COC(=O)C[C@H](NC(=O)[C@H](CO)NC(=O)CCCN(C(=O)OC(C)(C)C)c1cc(C)ccn1)c1ccc(-c2ccc(O)c3c2C=CC(C)C3)cc1. The van der Waals surface area contributed by atoms with Gasteiger partial charge in [0, 0.05) is 24.7 Å². The van der Waals surface area contributed by atoms with E-state index in [9.17, 15) is 29.4 Å².